The van der Waals surface area contributed by atoms with Crippen LogP contribution in [0.4, 0.5) is 13.2 Å². The fraction of sp³-hybridized carbons (Fsp3) is 0.318. The lowest BCUT2D eigenvalue weighted by Crippen LogP contribution is -2.38. The van der Waals surface area contributed by atoms with Crippen LogP contribution >= 0.6 is 0 Å². The Labute approximate surface area is 182 Å². The van der Waals surface area contributed by atoms with Crippen LogP contribution in [0.2, 0.25) is 0 Å². The maximum absolute atomic E-state index is 12.7. The van der Waals surface area contributed by atoms with Crippen LogP contribution in [0.5, 0.6) is 11.5 Å². The number of carbonyl (C=O) groups is 1. The number of hydrogen-bond acceptors (Lipinski definition) is 5. The molecule has 0 fully saturated rings. The topological polar surface area (TPSA) is 97.3 Å². The van der Waals surface area contributed by atoms with Gasteiger partial charge in [0.2, 0.25) is 0 Å². The normalized spacial score (nSPS) is 13.0. The van der Waals surface area contributed by atoms with Gasteiger partial charge < -0.3 is 14.6 Å². The Bertz CT molecular complexity index is 1110. The summed E-state index contributed by atoms with van der Waals surface area (Å²) in [5, 5.41) is 16.0. The lowest BCUT2D eigenvalue weighted by atomic mass is 10.1. The number of rotatable bonds is 7. The second kappa shape index (κ2) is 8.52. The second-order valence-electron chi connectivity index (χ2n) is 7.72. The molecule has 0 aliphatic heterocycles. The number of alkyl halides is 3. The van der Waals surface area contributed by atoms with Gasteiger partial charge in [0.1, 0.15) is 11.5 Å². The molecular formula is C22H22F3N3O4. The summed E-state index contributed by atoms with van der Waals surface area (Å²) in [4.78, 5) is 15.6. The molecule has 0 radical (unpaired) electrons. The summed E-state index contributed by atoms with van der Waals surface area (Å²) in [7, 11) is 0. The van der Waals surface area contributed by atoms with Crippen molar-refractivity contribution in [3.05, 3.63) is 59.4 Å². The number of carboxylic acid groups (broad SMARTS) is 1. The molecule has 10 heteroatoms. The number of ether oxygens (including phenoxy) is 2. The third kappa shape index (κ3) is 5.19. The molecule has 3 aromatic rings. The average Bonchev–Trinajstić information content (AvgIpc) is 3.20. The first kappa shape index (κ1) is 23.1. The van der Waals surface area contributed by atoms with E-state index < -0.39 is 29.4 Å². The third-order valence-electron chi connectivity index (χ3n) is 4.70. The highest BCUT2D eigenvalue weighted by molar-refractivity contribution is 5.76. The fourth-order valence-electron chi connectivity index (χ4n) is 2.78. The van der Waals surface area contributed by atoms with Gasteiger partial charge in [0, 0.05) is 5.56 Å². The number of aryl methyl sites for hydroxylation is 1. The Morgan fingerprint density at radius 1 is 1.12 bits per heavy atom. The van der Waals surface area contributed by atoms with Gasteiger partial charge in [-0.1, -0.05) is 12.1 Å². The number of nitrogens with zero attached hydrogens (tertiary/aromatic N) is 2. The van der Waals surface area contributed by atoms with Gasteiger partial charge in [-0.05, 0) is 63.6 Å². The molecular weight excluding hydrogens is 427 g/mol. The van der Waals surface area contributed by atoms with Crippen molar-refractivity contribution in [1.29, 1.82) is 0 Å². The van der Waals surface area contributed by atoms with Gasteiger partial charge in [0.15, 0.2) is 23.4 Å². The highest BCUT2D eigenvalue weighted by atomic mass is 19.4. The summed E-state index contributed by atoms with van der Waals surface area (Å²) in [6.45, 7) is 6.42. The molecule has 0 amide bonds. The van der Waals surface area contributed by atoms with Gasteiger partial charge in [-0.2, -0.15) is 18.3 Å². The van der Waals surface area contributed by atoms with Crippen LogP contribution in [0.15, 0.2) is 42.5 Å². The van der Waals surface area contributed by atoms with E-state index in [2.05, 4.69) is 15.2 Å². The monoisotopic (exact) mass is 449 g/mol. The fourth-order valence-corrected chi connectivity index (χ4v) is 2.78. The summed E-state index contributed by atoms with van der Waals surface area (Å²) in [6, 6.07) is 9.54. The summed E-state index contributed by atoms with van der Waals surface area (Å²) >= 11 is 0. The van der Waals surface area contributed by atoms with Gasteiger partial charge in [0.05, 0.1) is 5.56 Å². The van der Waals surface area contributed by atoms with E-state index in [4.69, 9.17) is 9.47 Å². The number of halogens is 3. The minimum atomic E-state index is -4.41. The molecule has 1 heterocycles. The Morgan fingerprint density at radius 2 is 1.78 bits per heavy atom. The lowest BCUT2D eigenvalue weighted by Gasteiger charge is -2.23. The molecule has 7 nitrogen and oxygen atoms in total. The number of aromatic amines is 1. The summed E-state index contributed by atoms with van der Waals surface area (Å²) < 4.78 is 49.6. The van der Waals surface area contributed by atoms with E-state index in [0.717, 1.165) is 12.1 Å². The minimum Gasteiger partial charge on any atom is -0.483 e. The minimum absolute atomic E-state index is 0.250. The van der Waals surface area contributed by atoms with Crippen molar-refractivity contribution >= 4 is 5.97 Å². The number of aromatic nitrogens is 3. The largest absolute Gasteiger partial charge is 0.483 e. The Morgan fingerprint density at radius 3 is 2.34 bits per heavy atom. The summed E-state index contributed by atoms with van der Waals surface area (Å²) in [5.41, 5.74) is -1.00. The zero-order chi connectivity index (χ0) is 23.7. The van der Waals surface area contributed by atoms with Crippen LogP contribution in [-0.4, -0.2) is 31.9 Å². The van der Waals surface area contributed by atoms with E-state index in [1.807, 2.05) is 0 Å². The molecule has 32 heavy (non-hydrogen) atoms. The summed E-state index contributed by atoms with van der Waals surface area (Å²) in [6.07, 6.45) is -4.94. The van der Waals surface area contributed by atoms with Crippen molar-refractivity contribution in [2.75, 3.05) is 0 Å². The maximum atomic E-state index is 12.7. The number of aliphatic carboxylic acids is 1. The maximum Gasteiger partial charge on any atom is 0.416 e. The number of hydrogen-bond donors (Lipinski definition) is 2. The van der Waals surface area contributed by atoms with E-state index in [1.54, 1.807) is 32.0 Å². The first-order valence-corrected chi connectivity index (χ1v) is 9.66. The van der Waals surface area contributed by atoms with E-state index in [-0.39, 0.29) is 5.82 Å². The van der Waals surface area contributed by atoms with Gasteiger partial charge in [-0.15, -0.1) is 0 Å². The molecule has 0 saturated carbocycles. The first-order valence-electron chi connectivity index (χ1n) is 9.66. The molecule has 1 atom stereocenters. The highest BCUT2D eigenvalue weighted by Gasteiger charge is 2.31. The van der Waals surface area contributed by atoms with Crippen LogP contribution in [0.3, 0.4) is 0 Å². The van der Waals surface area contributed by atoms with Crippen LogP contribution in [-0.2, 0) is 11.0 Å². The standard InChI is InChI=1S/C22H22F3N3O4/c1-12-11-16(9-10-17(12)32-21(3,4)20(29)30)31-13(2)18-26-19(28-27-18)14-5-7-15(8-6-14)22(23,24)25/h5-11,13H,1-4H3,(H,29,30)(H,26,27,28). The zero-order valence-corrected chi connectivity index (χ0v) is 17.8. The predicted molar refractivity (Wildman–Crippen MR) is 109 cm³/mol. The second-order valence-corrected chi connectivity index (χ2v) is 7.72. The van der Waals surface area contributed by atoms with Crippen LogP contribution in [0.25, 0.3) is 11.4 Å². The van der Waals surface area contributed by atoms with Crippen LogP contribution in [0, 0.1) is 6.92 Å². The van der Waals surface area contributed by atoms with Gasteiger partial charge in [-0.25, -0.2) is 9.78 Å². The zero-order valence-electron chi connectivity index (χ0n) is 17.8. The molecule has 170 valence electrons. The smallest absolute Gasteiger partial charge is 0.416 e. The molecule has 0 bridgehead atoms. The predicted octanol–water partition coefficient (Wildman–Crippen LogP) is 5.18. The molecule has 0 spiro atoms. The molecule has 3 rings (SSSR count). The molecule has 2 aromatic carbocycles. The molecule has 2 N–H and O–H groups in total. The number of H-pyrrole nitrogens is 1. The van der Waals surface area contributed by atoms with E-state index in [9.17, 15) is 23.1 Å². The van der Waals surface area contributed by atoms with Crippen molar-refractivity contribution in [3.63, 3.8) is 0 Å². The Balaban J connectivity index is 1.70. The van der Waals surface area contributed by atoms with E-state index in [1.165, 1.54) is 26.0 Å². The molecule has 1 aromatic heterocycles. The third-order valence-corrected chi connectivity index (χ3v) is 4.70. The van der Waals surface area contributed by atoms with Gasteiger partial charge in [-0.3, -0.25) is 5.10 Å². The number of carboxylic acids is 1. The summed E-state index contributed by atoms with van der Waals surface area (Å²) in [5.74, 6) is 0.481. The van der Waals surface area contributed by atoms with Crippen molar-refractivity contribution in [2.24, 2.45) is 0 Å². The van der Waals surface area contributed by atoms with Crippen molar-refractivity contribution < 1.29 is 32.5 Å². The SMILES string of the molecule is Cc1cc(OC(C)c2nc(-c3ccc(C(F)(F)F)cc3)n[nH]2)ccc1OC(C)(C)C(=O)O. The van der Waals surface area contributed by atoms with Crippen molar-refractivity contribution in [3.8, 4) is 22.9 Å². The Kier molecular flexibility index (Phi) is 6.16. The number of nitrogens with one attached hydrogen (secondary N) is 1. The average molecular weight is 449 g/mol. The Hall–Kier alpha value is -3.56. The van der Waals surface area contributed by atoms with E-state index in [0.29, 0.717) is 28.5 Å². The van der Waals surface area contributed by atoms with Crippen molar-refractivity contribution in [1.82, 2.24) is 15.2 Å². The van der Waals surface area contributed by atoms with Crippen molar-refractivity contribution in [2.45, 2.75) is 45.6 Å². The molecule has 0 saturated heterocycles. The molecule has 1 unspecified atom stereocenters. The highest BCUT2D eigenvalue weighted by Crippen LogP contribution is 2.31. The first-order chi connectivity index (χ1) is 14.9. The molecule has 0 aliphatic rings. The van der Waals surface area contributed by atoms with Crippen LogP contribution in [0.1, 0.15) is 43.8 Å². The molecule has 0 aliphatic carbocycles. The van der Waals surface area contributed by atoms with E-state index >= 15 is 0 Å². The quantitative estimate of drug-likeness (QED) is 0.516. The van der Waals surface area contributed by atoms with Gasteiger partial charge in [0.25, 0.3) is 0 Å². The van der Waals surface area contributed by atoms with Crippen LogP contribution < -0.4 is 9.47 Å². The number of benzene rings is 2. The lowest BCUT2D eigenvalue weighted by molar-refractivity contribution is -0.152. The van der Waals surface area contributed by atoms with Gasteiger partial charge >= 0.3 is 12.1 Å².